The zero-order valence-electron chi connectivity index (χ0n) is 13.6. The van der Waals surface area contributed by atoms with Crippen molar-refractivity contribution in [1.82, 2.24) is 10.2 Å². The fourth-order valence-corrected chi connectivity index (χ4v) is 3.86. The standard InChI is InChI=1S/C16H30N2O2/c1-10-11(2)20-12(3)15(10)16(19)18(5)14-8-6-13(17-4)7-9-14/h10-15,17H,6-9H2,1-5H3. The summed E-state index contributed by atoms with van der Waals surface area (Å²) in [5.41, 5.74) is 0. The number of carbonyl (C=O) groups excluding carboxylic acids is 1. The Morgan fingerprint density at radius 1 is 1.10 bits per heavy atom. The van der Waals surface area contributed by atoms with Crippen molar-refractivity contribution in [2.24, 2.45) is 11.8 Å². The van der Waals surface area contributed by atoms with Gasteiger partial charge in [-0.25, -0.2) is 0 Å². The Kier molecular flexibility index (Phi) is 5.08. The molecule has 1 heterocycles. The molecule has 0 aromatic heterocycles. The topological polar surface area (TPSA) is 41.6 Å². The van der Waals surface area contributed by atoms with Gasteiger partial charge in [-0.05, 0) is 52.5 Å². The van der Waals surface area contributed by atoms with E-state index in [0.717, 1.165) is 12.8 Å². The van der Waals surface area contributed by atoms with Gasteiger partial charge >= 0.3 is 0 Å². The molecule has 4 atom stereocenters. The molecule has 116 valence electrons. The number of carbonyl (C=O) groups is 1. The summed E-state index contributed by atoms with van der Waals surface area (Å²) in [6.07, 6.45) is 4.79. The largest absolute Gasteiger partial charge is 0.374 e. The van der Waals surface area contributed by atoms with Crippen LogP contribution in [0.5, 0.6) is 0 Å². The zero-order chi connectivity index (χ0) is 14.9. The third kappa shape index (κ3) is 3.01. The van der Waals surface area contributed by atoms with Crippen LogP contribution in [0.1, 0.15) is 46.5 Å². The van der Waals surface area contributed by atoms with E-state index in [0.29, 0.717) is 18.0 Å². The van der Waals surface area contributed by atoms with Crippen LogP contribution in [0.2, 0.25) is 0 Å². The molecule has 20 heavy (non-hydrogen) atoms. The Balaban J connectivity index is 1.95. The normalized spacial score (nSPS) is 41.6. The highest BCUT2D eigenvalue weighted by molar-refractivity contribution is 5.80. The molecule has 0 radical (unpaired) electrons. The van der Waals surface area contributed by atoms with Gasteiger partial charge in [0, 0.05) is 19.1 Å². The average Bonchev–Trinajstić information content (AvgIpc) is 2.71. The first-order chi connectivity index (χ1) is 9.45. The quantitative estimate of drug-likeness (QED) is 0.861. The lowest BCUT2D eigenvalue weighted by Gasteiger charge is -2.36. The molecule has 1 aliphatic heterocycles. The van der Waals surface area contributed by atoms with Gasteiger partial charge in [-0.2, -0.15) is 0 Å². The molecule has 1 saturated carbocycles. The zero-order valence-corrected chi connectivity index (χ0v) is 13.6. The monoisotopic (exact) mass is 282 g/mol. The summed E-state index contributed by atoms with van der Waals surface area (Å²) in [6.45, 7) is 6.25. The van der Waals surface area contributed by atoms with Crippen molar-refractivity contribution in [3.63, 3.8) is 0 Å². The lowest BCUT2D eigenvalue weighted by Crippen LogP contribution is -2.47. The predicted octanol–water partition coefficient (Wildman–Crippen LogP) is 2.03. The molecule has 4 unspecified atom stereocenters. The lowest BCUT2D eigenvalue weighted by molar-refractivity contribution is -0.139. The molecule has 1 saturated heterocycles. The molecule has 4 nitrogen and oxygen atoms in total. The number of hydrogen-bond acceptors (Lipinski definition) is 3. The molecule has 1 N–H and O–H groups in total. The van der Waals surface area contributed by atoms with Gasteiger partial charge in [0.1, 0.15) is 0 Å². The summed E-state index contributed by atoms with van der Waals surface area (Å²) in [7, 11) is 4.01. The highest BCUT2D eigenvalue weighted by atomic mass is 16.5. The molecule has 1 aliphatic carbocycles. The van der Waals surface area contributed by atoms with Crippen molar-refractivity contribution in [3.8, 4) is 0 Å². The Bertz CT molecular complexity index is 339. The van der Waals surface area contributed by atoms with Crippen LogP contribution in [0.3, 0.4) is 0 Å². The molecule has 0 spiro atoms. The van der Waals surface area contributed by atoms with Crippen LogP contribution in [-0.4, -0.2) is 49.2 Å². The van der Waals surface area contributed by atoms with Crippen LogP contribution in [0, 0.1) is 11.8 Å². The number of rotatable bonds is 3. The van der Waals surface area contributed by atoms with Crippen molar-refractivity contribution in [2.75, 3.05) is 14.1 Å². The predicted molar refractivity (Wildman–Crippen MR) is 80.5 cm³/mol. The second-order valence-electron chi connectivity index (χ2n) is 6.67. The van der Waals surface area contributed by atoms with E-state index < -0.39 is 0 Å². The van der Waals surface area contributed by atoms with E-state index in [1.165, 1.54) is 12.8 Å². The van der Waals surface area contributed by atoms with Crippen LogP contribution in [0.25, 0.3) is 0 Å². The molecule has 2 rings (SSSR count). The molecule has 2 fully saturated rings. The van der Waals surface area contributed by atoms with Crippen LogP contribution in [-0.2, 0) is 9.53 Å². The minimum atomic E-state index is 0.0250. The van der Waals surface area contributed by atoms with Gasteiger partial charge in [-0.1, -0.05) is 6.92 Å². The van der Waals surface area contributed by atoms with Gasteiger partial charge in [-0.3, -0.25) is 4.79 Å². The highest BCUT2D eigenvalue weighted by Crippen LogP contribution is 2.34. The molecular weight excluding hydrogens is 252 g/mol. The molecule has 1 amide bonds. The molecule has 2 aliphatic rings. The summed E-state index contributed by atoms with van der Waals surface area (Å²) in [4.78, 5) is 14.8. The smallest absolute Gasteiger partial charge is 0.228 e. The van der Waals surface area contributed by atoms with Gasteiger partial charge < -0.3 is 15.0 Å². The fourth-order valence-electron chi connectivity index (χ4n) is 3.86. The van der Waals surface area contributed by atoms with E-state index in [2.05, 4.69) is 19.2 Å². The second kappa shape index (κ2) is 6.44. The van der Waals surface area contributed by atoms with Crippen LogP contribution >= 0.6 is 0 Å². The SMILES string of the molecule is CNC1CCC(N(C)C(=O)C2C(C)OC(C)C2C)CC1. The first-order valence-corrected chi connectivity index (χ1v) is 8.05. The summed E-state index contributed by atoms with van der Waals surface area (Å²) in [5, 5.41) is 3.34. The number of hydrogen-bond donors (Lipinski definition) is 1. The Hall–Kier alpha value is -0.610. The maximum Gasteiger partial charge on any atom is 0.228 e. The first kappa shape index (κ1) is 15.8. The fraction of sp³-hybridized carbons (Fsp3) is 0.938. The number of ether oxygens (including phenoxy) is 1. The number of nitrogens with zero attached hydrogens (tertiary/aromatic N) is 1. The summed E-state index contributed by atoms with van der Waals surface area (Å²) < 4.78 is 5.82. The van der Waals surface area contributed by atoms with E-state index in [4.69, 9.17) is 4.74 Å². The van der Waals surface area contributed by atoms with Gasteiger partial charge in [0.25, 0.3) is 0 Å². The molecular formula is C16H30N2O2. The number of amides is 1. The second-order valence-corrected chi connectivity index (χ2v) is 6.67. The minimum Gasteiger partial charge on any atom is -0.374 e. The summed E-state index contributed by atoms with van der Waals surface area (Å²) >= 11 is 0. The minimum absolute atomic E-state index is 0.0250. The van der Waals surface area contributed by atoms with Crippen LogP contribution < -0.4 is 5.32 Å². The van der Waals surface area contributed by atoms with E-state index in [-0.39, 0.29) is 24.0 Å². The molecule has 0 aromatic rings. The van der Waals surface area contributed by atoms with Crippen molar-refractivity contribution in [1.29, 1.82) is 0 Å². The Morgan fingerprint density at radius 2 is 1.70 bits per heavy atom. The molecule has 0 aromatic carbocycles. The third-order valence-corrected chi connectivity index (χ3v) is 5.53. The van der Waals surface area contributed by atoms with Crippen molar-refractivity contribution in [3.05, 3.63) is 0 Å². The maximum atomic E-state index is 12.8. The summed E-state index contributed by atoms with van der Waals surface area (Å²) in [5.74, 6) is 0.618. The van der Waals surface area contributed by atoms with Gasteiger partial charge in [-0.15, -0.1) is 0 Å². The van der Waals surface area contributed by atoms with Crippen LogP contribution in [0.15, 0.2) is 0 Å². The van der Waals surface area contributed by atoms with E-state index in [9.17, 15) is 4.79 Å². The van der Waals surface area contributed by atoms with Gasteiger partial charge in [0.15, 0.2) is 0 Å². The molecule has 4 heteroatoms. The van der Waals surface area contributed by atoms with E-state index >= 15 is 0 Å². The Morgan fingerprint density at radius 3 is 2.15 bits per heavy atom. The average molecular weight is 282 g/mol. The maximum absolute atomic E-state index is 12.8. The van der Waals surface area contributed by atoms with Gasteiger partial charge in [0.05, 0.1) is 18.1 Å². The summed E-state index contributed by atoms with van der Waals surface area (Å²) in [6, 6.07) is 1.03. The van der Waals surface area contributed by atoms with Crippen molar-refractivity contribution in [2.45, 2.75) is 70.7 Å². The van der Waals surface area contributed by atoms with E-state index in [1.807, 2.05) is 25.9 Å². The highest BCUT2D eigenvalue weighted by Gasteiger charge is 2.43. The number of nitrogens with one attached hydrogen (secondary N) is 1. The van der Waals surface area contributed by atoms with E-state index in [1.54, 1.807) is 0 Å². The van der Waals surface area contributed by atoms with Gasteiger partial charge in [0.2, 0.25) is 5.91 Å². The third-order valence-electron chi connectivity index (χ3n) is 5.53. The van der Waals surface area contributed by atoms with Crippen molar-refractivity contribution >= 4 is 5.91 Å². The Labute approximate surface area is 123 Å². The molecule has 0 bridgehead atoms. The lowest BCUT2D eigenvalue weighted by atomic mass is 9.86. The van der Waals surface area contributed by atoms with Crippen LogP contribution in [0.4, 0.5) is 0 Å². The first-order valence-electron chi connectivity index (χ1n) is 8.05. The van der Waals surface area contributed by atoms with Crippen molar-refractivity contribution < 1.29 is 9.53 Å².